The number of benzene rings is 1. The van der Waals surface area contributed by atoms with E-state index in [2.05, 4.69) is 15.9 Å². The van der Waals surface area contributed by atoms with Gasteiger partial charge in [-0.15, -0.1) is 0 Å². The summed E-state index contributed by atoms with van der Waals surface area (Å²) in [7, 11) is 0. The van der Waals surface area contributed by atoms with Crippen molar-refractivity contribution in [3.8, 4) is 5.75 Å². The van der Waals surface area contributed by atoms with Crippen molar-refractivity contribution in [1.82, 2.24) is 0 Å². The van der Waals surface area contributed by atoms with E-state index in [1.54, 1.807) is 0 Å². The second-order valence-corrected chi connectivity index (χ2v) is 4.26. The Morgan fingerprint density at radius 1 is 1.50 bits per heavy atom. The van der Waals surface area contributed by atoms with Crippen LogP contribution in [0.3, 0.4) is 0 Å². The van der Waals surface area contributed by atoms with Gasteiger partial charge in [-0.1, -0.05) is 0 Å². The molecule has 0 amide bonds. The highest BCUT2D eigenvalue weighted by molar-refractivity contribution is 9.10. The molecule has 0 saturated carbocycles. The van der Waals surface area contributed by atoms with Crippen LogP contribution in [0.1, 0.15) is 24.4 Å². The Labute approximate surface area is 90.4 Å². The molecule has 0 unspecified atom stereocenters. The molecule has 76 valence electrons. The predicted octanol–water partition coefficient (Wildman–Crippen LogP) is 2.76. The third-order valence-electron chi connectivity index (χ3n) is 2.34. The zero-order valence-electron chi connectivity index (χ0n) is 7.59. The van der Waals surface area contributed by atoms with Gasteiger partial charge in [0.1, 0.15) is 11.6 Å². The molecule has 0 fully saturated rings. The third-order valence-corrected chi connectivity index (χ3v) is 2.93. The van der Waals surface area contributed by atoms with Gasteiger partial charge in [0.25, 0.3) is 0 Å². The first-order valence-corrected chi connectivity index (χ1v) is 5.35. The molecule has 1 atom stereocenters. The average molecular weight is 260 g/mol. The first kappa shape index (κ1) is 9.93. The quantitative estimate of drug-likeness (QED) is 0.778. The average Bonchev–Trinajstić information content (AvgIpc) is 2.29. The van der Waals surface area contributed by atoms with E-state index in [0.717, 1.165) is 18.4 Å². The van der Waals surface area contributed by atoms with Crippen molar-refractivity contribution in [3.63, 3.8) is 0 Å². The second kappa shape index (κ2) is 3.87. The van der Waals surface area contributed by atoms with Gasteiger partial charge in [-0.25, -0.2) is 4.39 Å². The number of nitrogens with two attached hydrogens (primary N) is 1. The molecule has 2 nitrogen and oxygen atoms in total. The van der Waals surface area contributed by atoms with Crippen LogP contribution in [-0.2, 0) is 0 Å². The number of hydrogen-bond donors (Lipinski definition) is 1. The van der Waals surface area contributed by atoms with E-state index in [0.29, 0.717) is 16.8 Å². The summed E-state index contributed by atoms with van der Waals surface area (Å²) in [6, 6.07) is 2.73. The monoisotopic (exact) mass is 259 g/mol. The summed E-state index contributed by atoms with van der Waals surface area (Å²) < 4.78 is 19.3. The fourth-order valence-corrected chi connectivity index (χ4v) is 2.20. The summed E-state index contributed by atoms with van der Waals surface area (Å²) in [5.74, 6) is 0.410. The Morgan fingerprint density at radius 2 is 2.29 bits per heavy atom. The van der Waals surface area contributed by atoms with Crippen molar-refractivity contribution in [2.75, 3.05) is 6.61 Å². The molecular weight excluding hydrogens is 249 g/mol. The van der Waals surface area contributed by atoms with Crippen molar-refractivity contribution in [2.45, 2.75) is 18.9 Å². The van der Waals surface area contributed by atoms with Gasteiger partial charge in [0.2, 0.25) is 0 Å². The summed E-state index contributed by atoms with van der Waals surface area (Å²) in [4.78, 5) is 0. The molecule has 0 spiro atoms. The lowest BCUT2D eigenvalue weighted by Crippen LogP contribution is -2.09. The Bertz CT molecular complexity index is 356. The molecule has 2 rings (SSSR count). The fraction of sp³-hybridized carbons (Fsp3) is 0.400. The van der Waals surface area contributed by atoms with Gasteiger partial charge in [0.15, 0.2) is 0 Å². The summed E-state index contributed by atoms with van der Waals surface area (Å²) in [6.45, 7) is 0.644. The number of fused-ring (bicyclic) bond motifs is 1. The fourth-order valence-electron chi connectivity index (χ4n) is 1.64. The van der Waals surface area contributed by atoms with E-state index in [9.17, 15) is 4.39 Å². The Balaban J connectivity index is 2.53. The van der Waals surface area contributed by atoms with Crippen LogP contribution in [0.4, 0.5) is 4.39 Å². The van der Waals surface area contributed by atoms with Gasteiger partial charge in [-0.2, -0.15) is 0 Å². The highest BCUT2D eigenvalue weighted by atomic mass is 79.9. The Hall–Kier alpha value is -0.610. The molecule has 0 bridgehead atoms. The summed E-state index contributed by atoms with van der Waals surface area (Å²) >= 11 is 3.27. The van der Waals surface area contributed by atoms with Gasteiger partial charge >= 0.3 is 0 Å². The maximum atomic E-state index is 13.1. The first-order valence-electron chi connectivity index (χ1n) is 4.56. The van der Waals surface area contributed by atoms with Gasteiger partial charge in [0, 0.05) is 11.6 Å². The van der Waals surface area contributed by atoms with Gasteiger partial charge in [0.05, 0.1) is 11.1 Å². The van der Waals surface area contributed by atoms with Crippen LogP contribution in [0.2, 0.25) is 0 Å². The zero-order chi connectivity index (χ0) is 10.1. The van der Waals surface area contributed by atoms with Crippen LogP contribution in [-0.4, -0.2) is 6.61 Å². The minimum absolute atomic E-state index is 0.125. The summed E-state index contributed by atoms with van der Waals surface area (Å²) in [5.41, 5.74) is 6.68. The van der Waals surface area contributed by atoms with Crippen LogP contribution in [0, 0.1) is 5.82 Å². The molecule has 1 heterocycles. The molecule has 2 N–H and O–H groups in total. The minimum Gasteiger partial charge on any atom is -0.492 e. The summed E-state index contributed by atoms with van der Waals surface area (Å²) in [6.07, 6.45) is 1.74. The largest absolute Gasteiger partial charge is 0.492 e. The lowest BCUT2D eigenvalue weighted by atomic mass is 10.0. The van der Waals surface area contributed by atoms with Crippen LogP contribution in [0.25, 0.3) is 0 Å². The minimum atomic E-state index is -0.281. The maximum absolute atomic E-state index is 13.1. The molecule has 1 aromatic carbocycles. The van der Waals surface area contributed by atoms with E-state index in [-0.39, 0.29) is 11.9 Å². The SMILES string of the molecule is N[C@H]1CCCOc2c(Br)cc(F)cc21. The highest BCUT2D eigenvalue weighted by Crippen LogP contribution is 2.36. The smallest absolute Gasteiger partial charge is 0.138 e. The Kier molecular flexibility index (Phi) is 2.74. The molecule has 4 heteroatoms. The molecule has 1 aliphatic rings. The maximum Gasteiger partial charge on any atom is 0.138 e. The Morgan fingerprint density at radius 3 is 3.07 bits per heavy atom. The summed E-state index contributed by atoms with van der Waals surface area (Å²) in [5, 5.41) is 0. The standard InChI is InChI=1S/C10H11BrFNO/c11-8-5-6(12)4-7-9(13)2-1-3-14-10(7)8/h4-5,9H,1-3,13H2/t9-/m0/s1. The van der Waals surface area contributed by atoms with E-state index in [1.807, 2.05) is 0 Å². The lowest BCUT2D eigenvalue weighted by Gasteiger charge is -2.13. The molecule has 1 aromatic rings. The van der Waals surface area contributed by atoms with E-state index < -0.39 is 0 Å². The van der Waals surface area contributed by atoms with E-state index >= 15 is 0 Å². The topological polar surface area (TPSA) is 35.2 Å². The van der Waals surface area contributed by atoms with E-state index in [1.165, 1.54) is 12.1 Å². The lowest BCUT2D eigenvalue weighted by molar-refractivity contribution is 0.314. The van der Waals surface area contributed by atoms with Crippen LogP contribution in [0.15, 0.2) is 16.6 Å². The molecular formula is C10H11BrFNO. The van der Waals surface area contributed by atoms with Crippen LogP contribution in [0.5, 0.6) is 5.75 Å². The molecule has 0 aliphatic carbocycles. The molecule has 14 heavy (non-hydrogen) atoms. The van der Waals surface area contributed by atoms with Crippen molar-refractivity contribution in [1.29, 1.82) is 0 Å². The van der Waals surface area contributed by atoms with Crippen molar-refractivity contribution in [2.24, 2.45) is 5.73 Å². The van der Waals surface area contributed by atoms with Gasteiger partial charge < -0.3 is 10.5 Å². The number of hydrogen-bond acceptors (Lipinski definition) is 2. The number of halogens is 2. The van der Waals surface area contributed by atoms with E-state index in [4.69, 9.17) is 10.5 Å². The van der Waals surface area contributed by atoms with Crippen molar-refractivity contribution in [3.05, 3.63) is 28.0 Å². The first-order chi connectivity index (χ1) is 6.68. The van der Waals surface area contributed by atoms with Gasteiger partial charge in [-0.3, -0.25) is 0 Å². The molecule has 1 aliphatic heterocycles. The zero-order valence-corrected chi connectivity index (χ0v) is 9.18. The third kappa shape index (κ3) is 1.77. The van der Waals surface area contributed by atoms with Crippen LogP contribution >= 0.6 is 15.9 Å². The normalized spacial score (nSPS) is 20.9. The predicted molar refractivity (Wildman–Crippen MR) is 55.8 cm³/mol. The second-order valence-electron chi connectivity index (χ2n) is 3.40. The van der Waals surface area contributed by atoms with Crippen molar-refractivity contribution >= 4 is 15.9 Å². The molecule has 0 aromatic heterocycles. The highest BCUT2D eigenvalue weighted by Gasteiger charge is 2.19. The number of ether oxygens (including phenoxy) is 1. The van der Waals surface area contributed by atoms with Crippen LogP contribution < -0.4 is 10.5 Å². The number of rotatable bonds is 0. The van der Waals surface area contributed by atoms with Crippen molar-refractivity contribution < 1.29 is 9.13 Å². The molecule has 0 saturated heterocycles. The van der Waals surface area contributed by atoms with Gasteiger partial charge in [-0.05, 0) is 40.9 Å². The molecule has 0 radical (unpaired) electrons.